The summed E-state index contributed by atoms with van der Waals surface area (Å²) in [6.07, 6.45) is 0. The van der Waals surface area contributed by atoms with E-state index < -0.39 is 0 Å². The lowest BCUT2D eigenvalue weighted by atomic mass is 9.83. The van der Waals surface area contributed by atoms with E-state index in [1.54, 1.807) is 0 Å². The highest BCUT2D eigenvalue weighted by Crippen LogP contribution is 2.47. The second-order valence-corrected chi connectivity index (χ2v) is 11.6. The average Bonchev–Trinajstić information content (AvgIpc) is 3.50. The maximum Gasteiger partial charge on any atom is 0.143 e. The molecule has 9 rings (SSSR count). The minimum atomic E-state index is 0.913. The van der Waals surface area contributed by atoms with Crippen molar-refractivity contribution in [2.45, 2.75) is 0 Å². The van der Waals surface area contributed by atoms with Gasteiger partial charge in [0.25, 0.3) is 0 Å². The van der Waals surface area contributed by atoms with Gasteiger partial charge in [0.1, 0.15) is 11.2 Å². The third kappa shape index (κ3) is 4.09. The van der Waals surface area contributed by atoms with Crippen LogP contribution in [-0.2, 0) is 0 Å². The molecule has 0 unspecified atom stereocenters. The Morgan fingerprint density at radius 2 is 0.733 bits per heavy atom. The Kier molecular flexibility index (Phi) is 5.89. The molecule has 0 saturated carbocycles. The summed E-state index contributed by atoms with van der Waals surface area (Å²) in [4.78, 5) is 0. The van der Waals surface area contributed by atoms with Crippen LogP contribution in [0.4, 0.5) is 0 Å². The number of benzene rings is 8. The smallest absolute Gasteiger partial charge is 0.143 e. The van der Waals surface area contributed by atoms with E-state index in [1.807, 2.05) is 6.07 Å². The van der Waals surface area contributed by atoms with Gasteiger partial charge >= 0.3 is 0 Å². The second-order valence-electron chi connectivity index (χ2n) is 11.6. The molecule has 0 saturated heterocycles. The van der Waals surface area contributed by atoms with Gasteiger partial charge in [0.15, 0.2) is 0 Å². The molecular formula is C44H28O. The molecule has 0 aliphatic heterocycles. The van der Waals surface area contributed by atoms with Gasteiger partial charge < -0.3 is 4.42 Å². The highest BCUT2D eigenvalue weighted by Gasteiger charge is 2.20. The summed E-state index contributed by atoms with van der Waals surface area (Å²) < 4.78 is 6.52. The molecule has 0 radical (unpaired) electrons. The summed E-state index contributed by atoms with van der Waals surface area (Å²) in [7, 11) is 0. The summed E-state index contributed by atoms with van der Waals surface area (Å²) >= 11 is 0. The molecule has 0 aliphatic rings. The maximum absolute atomic E-state index is 6.52. The summed E-state index contributed by atoms with van der Waals surface area (Å²) in [5.41, 5.74) is 11.5. The van der Waals surface area contributed by atoms with E-state index in [2.05, 4.69) is 164 Å². The van der Waals surface area contributed by atoms with E-state index in [1.165, 1.54) is 54.9 Å². The molecule has 0 fully saturated rings. The maximum atomic E-state index is 6.52. The molecule has 0 N–H and O–H groups in total. The molecule has 0 bridgehead atoms. The van der Waals surface area contributed by atoms with Gasteiger partial charge in [-0.1, -0.05) is 164 Å². The molecule has 0 amide bonds. The SMILES string of the molecule is c1ccc(-c2ccc(-c3c4ccccc4c(-c4ccccc4-c4cccc5c4oc4ccccc45)c4ccccc34)cc2)cc1. The van der Waals surface area contributed by atoms with Crippen LogP contribution in [0.1, 0.15) is 0 Å². The molecule has 45 heavy (non-hydrogen) atoms. The van der Waals surface area contributed by atoms with Crippen molar-refractivity contribution in [3.8, 4) is 44.5 Å². The molecule has 9 aromatic rings. The number of fused-ring (bicyclic) bond motifs is 5. The lowest BCUT2D eigenvalue weighted by Gasteiger charge is -2.20. The van der Waals surface area contributed by atoms with Gasteiger partial charge in [-0.05, 0) is 66.6 Å². The molecule has 0 spiro atoms. The van der Waals surface area contributed by atoms with Gasteiger partial charge in [0, 0.05) is 16.3 Å². The van der Waals surface area contributed by atoms with Gasteiger partial charge in [0.2, 0.25) is 0 Å². The van der Waals surface area contributed by atoms with Crippen molar-refractivity contribution in [1.82, 2.24) is 0 Å². The summed E-state index contributed by atoms with van der Waals surface area (Å²) in [5, 5.41) is 7.25. The molecule has 8 aromatic carbocycles. The van der Waals surface area contributed by atoms with E-state index in [9.17, 15) is 0 Å². The van der Waals surface area contributed by atoms with Crippen LogP contribution in [0, 0.1) is 0 Å². The van der Waals surface area contributed by atoms with Crippen LogP contribution >= 0.6 is 0 Å². The van der Waals surface area contributed by atoms with Gasteiger partial charge in [0.05, 0.1) is 0 Å². The molecule has 1 heterocycles. The van der Waals surface area contributed by atoms with Crippen molar-refractivity contribution in [2.75, 3.05) is 0 Å². The lowest BCUT2D eigenvalue weighted by molar-refractivity contribution is 0.670. The first-order valence-electron chi connectivity index (χ1n) is 15.4. The number of hydrogen-bond acceptors (Lipinski definition) is 1. The standard InChI is InChI=1S/C44H28O/c1-2-13-29(14-3-1)30-25-27-31(28-26-30)42-35-18-6-8-20-37(35)43(38-21-9-7-19-36(38)42)34-17-5-4-15-32(34)39-22-12-23-40-33-16-10-11-24-41(33)45-44(39)40/h1-28H. The van der Waals surface area contributed by atoms with Crippen molar-refractivity contribution >= 4 is 43.5 Å². The number of hydrogen-bond donors (Lipinski definition) is 0. The Bertz CT molecular complexity index is 2460. The highest BCUT2D eigenvalue weighted by molar-refractivity contribution is 6.23. The van der Waals surface area contributed by atoms with Crippen LogP contribution in [0.3, 0.4) is 0 Å². The van der Waals surface area contributed by atoms with Crippen LogP contribution in [0.15, 0.2) is 174 Å². The Labute approximate surface area is 261 Å². The van der Waals surface area contributed by atoms with Gasteiger partial charge in [-0.15, -0.1) is 0 Å². The molecule has 1 nitrogen and oxygen atoms in total. The zero-order valence-electron chi connectivity index (χ0n) is 24.6. The Morgan fingerprint density at radius 1 is 0.267 bits per heavy atom. The summed E-state index contributed by atoms with van der Waals surface area (Å²) in [6, 6.07) is 60.9. The third-order valence-corrected chi connectivity index (χ3v) is 9.10. The van der Waals surface area contributed by atoms with E-state index in [0.717, 1.165) is 33.1 Å². The largest absolute Gasteiger partial charge is 0.455 e. The van der Waals surface area contributed by atoms with Gasteiger partial charge in [-0.2, -0.15) is 0 Å². The fourth-order valence-electron chi connectivity index (χ4n) is 7.08. The Hall–Kier alpha value is -5.92. The number of furan rings is 1. The molecule has 210 valence electrons. The van der Waals surface area contributed by atoms with E-state index in [-0.39, 0.29) is 0 Å². The monoisotopic (exact) mass is 572 g/mol. The molecule has 1 aromatic heterocycles. The summed E-state index contributed by atoms with van der Waals surface area (Å²) in [5.74, 6) is 0. The minimum absolute atomic E-state index is 0.913. The van der Waals surface area contributed by atoms with Crippen LogP contribution in [0.5, 0.6) is 0 Å². The molecular weight excluding hydrogens is 544 g/mol. The Morgan fingerprint density at radius 3 is 1.42 bits per heavy atom. The Balaban J connectivity index is 1.31. The quantitative estimate of drug-likeness (QED) is 0.191. The van der Waals surface area contributed by atoms with Crippen LogP contribution in [-0.4, -0.2) is 0 Å². The van der Waals surface area contributed by atoms with Crippen molar-refractivity contribution < 1.29 is 4.42 Å². The van der Waals surface area contributed by atoms with E-state index in [4.69, 9.17) is 4.42 Å². The van der Waals surface area contributed by atoms with Gasteiger partial charge in [-0.3, -0.25) is 0 Å². The normalized spacial score (nSPS) is 11.6. The summed E-state index contributed by atoms with van der Waals surface area (Å²) in [6.45, 7) is 0. The number of para-hydroxylation sites is 2. The van der Waals surface area contributed by atoms with Crippen LogP contribution in [0.25, 0.3) is 88.0 Å². The van der Waals surface area contributed by atoms with Crippen LogP contribution in [0.2, 0.25) is 0 Å². The molecule has 0 aliphatic carbocycles. The predicted octanol–water partition coefficient (Wildman–Crippen LogP) is 12.6. The number of rotatable bonds is 4. The van der Waals surface area contributed by atoms with E-state index >= 15 is 0 Å². The minimum Gasteiger partial charge on any atom is -0.455 e. The topological polar surface area (TPSA) is 13.1 Å². The molecule has 1 heteroatoms. The van der Waals surface area contributed by atoms with E-state index in [0.29, 0.717) is 0 Å². The average molecular weight is 573 g/mol. The highest BCUT2D eigenvalue weighted by atomic mass is 16.3. The third-order valence-electron chi connectivity index (χ3n) is 9.10. The van der Waals surface area contributed by atoms with Crippen molar-refractivity contribution in [3.63, 3.8) is 0 Å². The molecule has 0 atom stereocenters. The first-order chi connectivity index (χ1) is 22.3. The van der Waals surface area contributed by atoms with Crippen molar-refractivity contribution in [3.05, 3.63) is 170 Å². The zero-order valence-corrected chi connectivity index (χ0v) is 24.6. The van der Waals surface area contributed by atoms with Gasteiger partial charge in [-0.25, -0.2) is 0 Å². The lowest BCUT2D eigenvalue weighted by Crippen LogP contribution is -1.93. The first kappa shape index (κ1) is 25.6. The first-order valence-corrected chi connectivity index (χ1v) is 15.4. The second kappa shape index (κ2) is 10.4. The zero-order chi connectivity index (χ0) is 29.7. The predicted molar refractivity (Wildman–Crippen MR) is 190 cm³/mol. The fraction of sp³-hybridized carbons (Fsp3) is 0. The van der Waals surface area contributed by atoms with Crippen LogP contribution < -0.4 is 0 Å². The van der Waals surface area contributed by atoms with Crippen molar-refractivity contribution in [1.29, 1.82) is 0 Å². The fourth-order valence-corrected chi connectivity index (χ4v) is 7.08. The van der Waals surface area contributed by atoms with Crippen molar-refractivity contribution in [2.24, 2.45) is 0 Å².